The number of fused-ring (bicyclic) bond motifs is 3. The normalized spacial score (nSPS) is 14.5. The van der Waals surface area contributed by atoms with Gasteiger partial charge < -0.3 is 10.2 Å². The van der Waals surface area contributed by atoms with Crippen LogP contribution in [0.2, 0.25) is 0 Å². The largest absolute Gasteiger partial charge is 0.508 e. The van der Waals surface area contributed by atoms with E-state index < -0.39 is 5.60 Å². The first-order valence-electron chi connectivity index (χ1n) is 6.93. The van der Waals surface area contributed by atoms with Gasteiger partial charge in [0.15, 0.2) is 0 Å². The summed E-state index contributed by atoms with van der Waals surface area (Å²) in [7, 11) is 0. The van der Waals surface area contributed by atoms with E-state index in [0.717, 1.165) is 22.3 Å². The first-order chi connectivity index (χ1) is 10.2. The smallest absolute Gasteiger partial charge is 0.145 e. The van der Waals surface area contributed by atoms with Crippen LogP contribution in [0, 0.1) is 0 Å². The summed E-state index contributed by atoms with van der Waals surface area (Å²) in [6, 6.07) is 22.6. The SMILES string of the molecule is Oc1ccccc1C1(O)c2ccccc2-c2ccccc21. The van der Waals surface area contributed by atoms with Crippen LogP contribution in [0.3, 0.4) is 0 Å². The summed E-state index contributed by atoms with van der Waals surface area (Å²) >= 11 is 0. The molecule has 0 atom stereocenters. The van der Waals surface area contributed by atoms with Crippen molar-refractivity contribution < 1.29 is 10.2 Å². The van der Waals surface area contributed by atoms with E-state index in [0.29, 0.717) is 5.56 Å². The molecule has 0 bridgehead atoms. The summed E-state index contributed by atoms with van der Waals surface area (Å²) in [6.45, 7) is 0. The molecule has 0 heterocycles. The van der Waals surface area contributed by atoms with Gasteiger partial charge in [0.25, 0.3) is 0 Å². The predicted octanol–water partition coefficient (Wildman–Crippen LogP) is 3.66. The number of aliphatic hydroxyl groups is 1. The fraction of sp³-hybridized carbons (Fsp3) is 0.0526. The molecule has 2 nitrogen and oxygen atoms in total. The van der Waals surface area contributed by atoms with E-state index in [9.17, 15) is 10.2 Å². The second-order valence-corrected chi connectivity index (χ2v) is 5.32. The molecule has 21 heavy (non-hydrogen) atoms. The molecule has 1 aliphatic carbocycles. The topological polar surface area (TPSA) is 40.5 Å². The van der Waals surface area contributed by atoms with Crippen molar-refractivity contribution in [3.63, 3.8) is 0 Å². The second kappa shape index (κ2) is 4.21. The van der Waals surface area contributed by atoms with Crippen molar-refractivity contribution in [2.75, 3.05) is 0 Å². The number of hydrogen-bond donors (Lipinski definition) is 2. The van der Waals surface area contributed by atoms with Crippen molar-refractivity contribution in [2.24, 2.45) is 0 Å². The molecule has 0 aromatic heterocycles. The molecule has 0 amide bonds. The van der Waals surface area contributed by atoms with Crippen LogP contribution in [-0.4, -0.2) is 10.2 Å². The zero-order valence-corrected chi connectivity index (χ0v) is 11.3. The van der Waals surface area contributed by atoms with Crippen LogP contribution >= 0.6 is 0 Å². The Morgan fingerprint density at radius 2 is 1.00 bits per heavy atom. The molecule has 2 heteroatoms. The first-order valence-corrected chi connectivity index (χ1v) is 6.93. The van der Waals surface area contributed by atoms with Gasteiger partial charge in [0.2, 0.25) is 0 Å². The van der Waals surface area contributed by atoms with Crippen LogP contribution in [0.15, 0.2) is 72.8 Å². The number of rotatable bonds is 1. The Kier molecular flexibility index (Phi) is 2.44. The van der Waals surface area contributed by atoms with Crippen molar-refractivity contribution in [3.05, 3.63) is 89.5 Å². The summed E-state index contributed by atoms with van der Waals surface area (Å²) in [6.07, 6.45) is 0. The molecule has 0 aliphatic heterocycles. The lowest BCUT2D eigenvalue weighted by Gasteiger charge is -2.27. The molecule has 4 rings (SSSR count). The van der Waals surface area contributed by atoms with Crippen molar-refractivity contribution in [1.29, 1.82) is 0 Å². The molecule has 0 radical (unpaired) electrons. The quantitative estimate of drug-likeness (QED) is 0.711. The van der Waals surface area contributed by atoms with Gasteiger partial charge in [0.05, 0.1) is 0 Å². The number of aromatic hydroxyl groups is 1. The zero-order valence-electron chi connectivity index (χ0n) is 11.3. The minimum absolute atomic E-state index is 0.103. The highest BCUT2D eigenvalue weighted by atomic mass is 16.3. The first kappa shape index (κ1) is 12.2. The van der Waals surface area contributed by atoms with Crippen LogP contribution in [0.25, 0.3) is 11.1 Å². The number of hydrogen-bond acceptors (Lipinski definition) is 2. The molecule has 102 valence electrons. The minimum Gasteiger partial charge on any atom is -0.508 e. The molecule has 0 fully saturated rings. The highest BCUT2D eigenvalue weighted by Gasteiger charge is 2.44. The Morgan fingerprint density at radius 3 is 1.52 bits per heavy atom. The van der Waals surface area contributed by atoms with Gasteiger partial charge in [0, 0.05) is 16.7 Å². The third-order valence-electron chi connectivity index (χ3n) is 4.22. The summed E-state index contributed by atoms with van der Waals surface area (Å²) in [4.78, 5) is 0. The van der Waals surface area contributed by atoms with Gasteiger partial charge in [-0.3, -0.25) is 0 Å². The number of benzene rings is 3. The second-order valence-electron chi connectivity index (χ2n) is 5.32. The van der Waals surface area contributed by atoms with Gasteiger partial charge in [0.1, 0.15) is 11.4 Å². The van der Waals surface area contributed by atoms with Gasteiger partial charge in [-0.25, -0.2) is 0 Å². The molecule has 0 saturated heterocycles. The van der Waals surface area contributed by atoms with Gasteiger partial charge in [-0.2, -0.15) is 0 Å². The maximum Gasteiger partial charge on any atom is 0.145 e. The fourth-order valence-electron chi connectivity index (χ4n) is 3.28. The Bertz CT molecular complexity index is 791. The highest BCUT2D eigenvalue weighted by molar-refractivity contribution is 5.82. The lowest BCUT2D eigenvalue weighted by Crippen LogP contribution is -2.26. The van der Waals surface area contributed by atoms with Crippen molar-refractivity contribution in [1.82, 2.24) is 0 Å². The summed E-state index contributed by atoms with van der Waals surface area (Å²) < 4.78 is 0. The van der Waals surface area contributed by atoms with E-state index in [4.69, 9.17) is 0 Å². The molecule has 0 unspecified atom stereocenters. The Hall–Kier alpha value is -2.58. The van der Waals surface area contributed by atoms with Crippen molar-refractivity contribution in [3.8, 4) is 16.9 Å². The molecular weight excluding hydrogens is 260 g/mol. The standard InChI is InChI=1S/C19H14O2/c20-18-12-6-5-11-17(18)19(21)15-9-3-1-7-13(15)14-8-2-4-10-16(14)19/h1-12,20-21H. The third-order valence-corrected chi connectivity index (χ3v) is 4.22. The Balaban J connectivity index is 2.12. The molecule has 2 N–H and O–H groups in total. The Labute approximate surface area is 122 Å². The molecule has 3 aromatic carbocycles. The number of para-hydroxylation sites is 1. The lowest BCUT2D eigenvalue weighted by atomic mass is 9.84. The van der Waals surface area contributed by atoms with Crippen molar-refractivity contribution >= 4 is 0 Å². The maximum absolute atomic E-state index is 11.5. The van der Waals surface area contributed by atoms with Crippen LogP contribution in [0.5, 0.6) is 5.75 Å². The van der Waals surface area contributed by atoms with E-state index >= 15 is 0 Å². The van der Waals surface area contributed by atoms with Gasteiger partial charge in [-0.1, -0.05) is 66.7 Å². The summed E-state index contributed by atoms with van der Waals surface area (Å²) in [5, 5.41) is 21.7. The highest BCUT2D eigenvalue weighted by Crippen LogP contribution is 2.52. The molecule has 0 spiro atoms. The van der Waals surface area contributed by atoms with E-state index in [-0.39, 0.29) is 5.75 Å². The fourth-order valence-corrected chi connectivity index (χ4v) is 3.28. The van der Waals surface area contributed by atoms with Crippen LogP contribution in [-0.2, 0) is 5.60 Å². The number of phenolic OH excluding ortho intramolecular Hbond substituents is 1. The zero-order chi connectivity index (χ0) is 14.4. The minimum atomic E-state index is -1.31. The monoisotopic (exact) mass is 274 g/mol. The van der Waals surface area contributed by atoms with Crippen molar-refractivity contribution in [2.45, 2.75) is 5.60 Å². The average Bonchev–Trinajstić information content (AvgIpc) is 2.79. The molecule has 1 aliphatic rings. The van der Waals surface area contributed by atoms with Gasteiger partial charge >= 0.3 is 0 Å². The summed E-state index contributed by atoms with van der Waals surface area (Å²) in [5.41, 5.74) is 2.86. The maximum atomic E-state index is 11.5. The van der Waals surface area contributed by atoms with E-state index in [2.05, 4.69) is 0 Å². The predicted molar refractivity (Wildman–Crippen MR) is 82.1 cm³/mol. The van der Waals surface area contributed by atoms with E-state index in [1.165, 1.54) is 0 Å². The van der Waals surface area contributed by atoms with Crippen LogP contribution < -0.4 is 0 Å². The average molecular weight is 274 g/mol. The van der Waals surface area contributed by atoms with Gasteiger partial charge in [-0.15, -0.1) is 0 Å². The summed E-state index contributed by atoms with van der Waals surface area (Å²) in [5.74, 6) is 0.103. The lowest BCUT2D eigenvalue weighted by molar-refractivity contribution is 0.127. The molecule has 3 aromatic rings. The molecule has 0 saturated carbocycles. The third kappa shape index (κ3) is 1.51. The van der Waals surface area contributed by atoms with E-state index in [1.54, 1.807) is 18.2 Å². The van der Waals surface area contributed by atoms with Gasteiger partial charge in [-0.05, 0) is 17.2 Å². The van der Waals surface area contributed by atoms with E-state index in [1.807, 2.05) is 54.6 Å². The van der Waals surface area contributed by atoms with Crippen LogP contribution in [0.1, 0.15) is 16.7 Å². The Morgan fingerprint density at radius 1 is 0.571 bits per heavy atom. The van der Waals surface area contributed by atoms with Crippen LogP contribution in [0.4, 0.5) is 0 Å². The molecular formula is C19H14O2. The number of phenols is 1.